The molecule has 0 fully saturated rings. The van der Waals surface area contributed by atoms with E-state index in [0.717, 1.165) is 22.7 Å². The summed E-state index contributed by atoms with van der Waals surface area (Å²) in [5, 5.41) is 7.14. The van der Waals surface area contributed by atoms with Crippen LogP contribution in [0.1, 0.15) is 21.7 Å². The summed E-state index contributed by atoms with van der Waals surface area (Å²) < 4.78 is 6.72. The minimum Gasteiger partial charge on any atom is -0.497 e. The monoisotopic (exact) mass is 284 g/mol. The molecule has 0 saturated heterocycles. The van der Waals surface area contributed by atoms with Crippen molar-refractivity contribution in [2.75, 3.05) is 13.7 Å². The average molecular weight is 284 g/mol. The lowest BCUT2D eigenvalue weighted by Crippen LogP contribution is -2.29. The van der Waals surface area contributed by atoms with E-state index >= 15 is 0 Å². The molecule has 0 spiro atoms. The van der Waals surface area contributed by atoms with Crippen molar-refractivity contribution >= 4 is 17.3 Å². The quantitative estimate of drug-likeness (QED) is 0.910. The number of methoxy groups -OCH3 is 1. The lowest BCUT2D eigenvalue weighted by Gasteiger charge is -2.06. The van der Waals surface area contributed by atoms with Crippen LogP contribution in [0, 0.1) is 6.92 Å². The predicted octanol–water partition coefficient (Wildman–Crippen LogP) is 1.60. The van der Waals surface area contributed by atoms with Crippen LogP contribution in [0.3, 0.4) is 0 Å². The van der Waals surface area contributed by atoms with Crippen LogP contribution in [0.25, 0.3) is 0 Å². The number of carbonyl (C=O) groups is 1. The van der Waals surface area contributed by atoms with E-state index in [9.17, 15) is 4.79 Å². The molecule has 3 rings (SSSR count). The van der Waals surface area contributed by atoms with Crippen LogP contribution in [0.5, 0.6) is 5.75 Å². The van der Waals surface area contributed by atoms with Crippen LogP contribution in [0.2, 0.25) is 0 Å². The Balaban J connectivity index is 2.07. The number of ether oxygens (including phenoxy) is 1. The maximum Gasteiger partial charge on any atom is 0.272 e. The van der Waals surface area contributed by atoms with Crippen molar-refractivity contribution in [3.63, 3.8) is 0 Å². The molecule has 1 aliphatic rings. The van der Waals surface area contributed by atoms with Gasteiger partial charge in [-0.1, -0.05) is 0 Å². The number of amides is 1. The smallest absolute Gasteiger partial charge is 0.272 e. The minimum absolute atomic E-state index is 0.152. The van der Waals surface area contributed by atoms with Crippen LogP contribution in [0.4, 0.5) is 5.69 Å². The van der Waals surface area contributed by atoms with Gasteiger partial charge in [-0.3, -0.25) is 9.48 Å². The van der Waals surface area contributed by atoms with Gasteiger partial charge in [0.2, 0.25) is 0 Å². The maximum atomic E-state index is 12.2. The number of nitrogens with one attached hydrogen (secondary N) is 1. The third kappa shape index (κ3) is 2.29. The summed E-state index contributed by atoms with van der Waals surface area (Å²) >= 11 is 0. The Morgan fingerprint density at radius 2 is 2.00 bits per heavy atom. The molecule has 0 bridgehead atoms. The lowest BCUT2D eigenvalue weighted by atomic mass is 10.1. The van der Waals surface area contributed by atoms with E-state index in [1.54, 1.807) is 18.8 Å². The molecule has 2 aromatic rings. The summed E-state index contributed by atoms with van der Waals surface area (Å²) in [6, 6.07) is 7.62. The zero-order chi connectivity index (χ0) is 15.0. The van der Waals surface area contributed by atoms with Crippen LogP contribution < -0.4 is 10.1 Å². The summed E-state index contributed by atoms with van der Waals surface area (Å²) in [5.74, 6) is 0.635. The van der Waals surface area contributed by atoms with Crippen molar-refractivity contribution in [1.82, 2.24) is 15.1 Å². The largest absolute Gasteiger partial charge is 0.497 e. The molecule has 1 N–H and O–H groups in total. The van der Waals surface area contributed by atoms with Crippen molar-refractivity contribution in [3.05, 3.63) is 41.2 Å². The summed E-state index contributed by atoms with van der Waals surface area (Å²) in [6.07, 6.45) is 0. The first-order chi connectivity index (χ1) is 10.1. The van der Waals surface area contributed by atoms with Gasteiger partial charge in [0.25, 0.3) is 5.91 Å². The molecule has 0 atom stereocenters. The van der Waals surface area contributed by atoms with Gasteiger partial charge in [-0.15, -0.1) is 0 Å². The molecule has 0 aliphatic carbocycles. The molecule has 21 heavy (non-hydrogen) atoms. The first-order valence-corrected chi connectivity index (χ1v) is 6.64. The second-order valence-corrected chi connectivity index (χ2v) is 4.88. The number of aryl methyl sites for hydroxylation is 2. The number of hydrogen-bond donors (Lipinski definition) is 1. The highest BCUT2D eigenvalue weighted by Gasteiger charge is 2.23. The first kappa shape index (κ1) is 13.4. The highest BCUT2D eigenvalue weighted by Crippen LogP contribution is 2.26. The number of rotatable bonds is 2. The van der Waals surface area contributed by atoms with Crippen LogP contribution >= 0.6 is 0 Å². The van der Waals surface area contributed by atoms with Gasteiger partial charge < -0.3 is 10.1 Å². The molecule has 0 saturated carbocycles. The van der Waals surface area contributed by atoms with E-state index in [1.165, 1.54) is 0 Å². The Morgan fingerprint density at radius 3 is 2.67 bits per heavy atom. The highest BCUT2D eigenvalue weighted by atomic mass is 16.5. The Kier molecular flexibility index (Phi) is 3.21. The Morgan fingerprint density at radius 1 is 1.29 bits per heavy atom. The fourth-order valence-electron chi connectivity index (χ4n) is 2.41. The molecule has 2 heterocycles. The maximum absolute atomic E-state index is 12.2. The fourth-order valence-corrected chi connectivity index (χ4v) is 2.41. The van der Waals surface area contributed by atoms with Crippen molar-refractivity contribution in [3.8, 4) is 5.75 Å². The zero-order valence-electron chi connectivity index (χ0n) is 12.2. The van der Waals surface area contributed by atoms with Gasteiger partial charge in [-0.2, -0.15) is 5.10 Å². The molecular formula is C15H16N4O2. The number of hydrogen-bond acceptors (Lipinski definition) is 4. The van der Waals surface area contributed by atoms with Gasteiger partial charge in [0.15, 0.2) is 5.69 Å². The topological polar surface area (TPSA) is 68.5 Å². The average Bonchev–Trinajstić information content (AvgIpc) is 2.66. The summed E-state index contributed by atoms with van der Waals surface area (Å²) in [5.41, 5.74) is 3.64. The second kappa shape index (κ2) is 5.05. The molecule has 0 unspecified atom stereocenters. The van der Waals surface area contributed by atoms with E-state index in [2.05, 4.69) is 15.4 Å². The van der Waals surface area contributed by atoms with Gasteiger partial charge in [0.1, 0.15) is 11.4 Å². The SMILES string of the molecule is COc1ccc(C2=Nc3c(C)nn(C)c3C(=O)NC2)cc1. The molecule has 108 valence electrons. The van der Waals surface area contributed by atoms with Crippen LogP contribution in [0.15, 0.2) is 29.3 Å². The lowest BCUT2D eigenvalue weighted by molar-refractivity contribution is 0.0951. The number of aromatic nitrogens is 2. The third-order valence-electron chi connectivity index (χ3n) is 3.49. The number of carbonyl (C=O) groups excluding carboxylic acids is 1. The van der Waals surface area contributed by atoms with Crippen molar-refractivity contribution in [1.29, 1.82) is 0 Å². The van der Waals surface area contributed by atoms with Gasteiger partial charge in [0.05, 0.1) is 25.1 Å². The fraction of sp³-hybridized carbons (Fsp3) is 0.267. The number of nitrogens with zero attached hydrogens (tertiary/aromatic N) is 3. The van der Waals surface area contributed by atoms with E-state index in [0.29, 0.717) is 17.9 Å². The minimum atomic E-state index is -0.152. The Bertz CT molecular complexity index is 729. The molecule has 0 radical (unpaired) electrons. The third-order valence-corrected chi connectivity index (χ3v) is 3.49. The summed E-state index contributed by atoms with van der Waals surface area (Å²) in [6.45, 7) is 2.24. The zero-order valence-corrected chi connectivity index (χ0v) is 12.2. The predicted molar refractivity (Wildman–Crippen MR) is 79.5 cm³/mol. The van der Waals surface area contributed by atoms with E-state index in [-0.39, 0.29) is 5.91 Å². The number of aliphatic imine (C=N–C) groups is 1. The highest BCUT2D eigenvalue weighted by molar-refractivity contribution is 6.10. The molecule has 1 aromatic carbocycles. The van der Waals surface area contributed by atoms with E-state index in [4.69, 9.17) is 4.74 Å². The number of fused-ring (bicyclic) bond motifs is 1. The van der Waals surface area contributed by atoms with E-state index < -0.39 is 0 Å². The van der Waals surface area contributed by atoms with Gasteiger partial charge in [0, 0.05) is 7.05 Å². The van der Waals surface area contributed by atoms with Crippen molar-refractivity contribution < 1.29 is 9.53 Å². The standard InChI is InChI=1S/C15H16N4O2/c1-9-13-14(19(2)18-9)15(20)16-8-12(17-13)10-4-6-11(21-3)7-5-10/h4-7H,8H2,1-3H3,(H,16,20). The van der Waals surface area contributed by atoms with Gasteiger partial charge in [-0.05, 0) is 36.8 Å². The summed E-state index contributed by atoms with van der Waals surface area (Å²) in [7, 11) is 3.38. The Hall–Kier alpha value is -2.63. The van der Waals surface area contributed by atoms with Gasteiger partial charge in [-0.25, -0.2) is 4.99 Å². The van der Waals surface area contributed by atoms with Crippen LogP contribution in [-0.2, 0) is 7.05 Å². The molecule has 1 aromatic heterocycles. The van der Waals surface area contributed by atoms with Crippen molar-refractivity contribution in [2.24, 2.45) is 12.0 Å². The molecular weight excluding hydrogens is 268 g/mol. The van der Waals surface area contributed by atoms with Gasteiger partial charge >= 0.3 is 0 Å². The first-order valence-electron chi connectivity index (χ1n) is 6.64. The Labute approximate surface area is 122 Å². The molecule has 1 aliphatic heterocycles. The van der Waals surface area contributed by atoms with E-state index in [1.807, 2.05) is 31.2 Å². The molecule has 6 nitrogen and oxygen atoms in total. The normalized spacial score (nSPS) is 14.0. The molecule has 6 heteroatoms. The second-order valence-electron chi connectivity index (χ2n) is 4.88. The van der Waals surface area contributed by atoms with Crippen molar-refractivity contribution in [2.45, 2.75) is 6.92 Å². The molecule has 1 amide bonds. The summed E-state index contributed by atoms with van der Waals surface area (Å²) in [4.78, 5) is 16.8. The number of benzene rings is 1. The van der Waals surface area contributed by atoms with Crippen LogP contribution in [-0.4, -0.2) is 35.1 Å².